The number of rotatable bonds is 4. The Kier molecular flexibility index (Phi) is 4.11. The molecule has 1 heterocycles. The van der Waals surface area contributed by atoms with Crippen LogP contribution in [0.5, 0.6) is 0 Å². The number of aromatic nitrogens is 1. The van der Waals surface area contributed by atoms with Gasteiger partial charge in [0.2, 0.25) is 0 Å². The van der Waals surface area contributed by atoms with Crippen LogP contribution in [0.4, 0.5) is 0 Å². The van der Waals surface area contributed by atoms with E-state index in [0.29, 0.717) is 0 Å². The summed E-state index contributed by atoms with van der Waals surface area (Å²) in [6, 6.07) is 25.5. The van der Waals surface area contributed by atoms with Gasteiger partial charge in [0.25, 0.3) is 0 Å². The summed E-state index contributed by atoms with van der Waals surface area (Å²) in [7, 11) is 0. The summed E-state index contributed by atoms with van der Waals surface area (Å²) in [4.78, 5) is 4.67. The minimum absolute atomic E-state index is 0.893. The Morgan fingerprint density at radius 3 is 1.86 bits per heavy atom. The average Bonchev–Trinajstić information content (AvgIpc) is 2.48. The van der Waals surface area contributed by atoms with Gasteiger partial charge in [-0.3, -0.25) is 4.98 Å². The third-order valence-corrected chi connectivity index (χ3v) is 3.55. The first-order valence-electron chi connectivity index (χ1n) is 7.34. The van der Waals surface area contributed by atoms with E-state index < -0.39 is 0 Å². The summed E-state index contributed by atoms with van der Waals surface area (Å²) in [6.07, 6.45) is 1.86. The van der Waals surface area contributed by atoms with Crippen LogP contribution in [0.1, 0.15) is 28.1 Å². The Morgan fingerprint density at radius 2 is 1.24 bits per heavy atom. The van der Waals surface area contributed by atoms with Crippen molar-refractivity contribution in [3.63, 3.8) is 0 Å². The first-order valence-corrected chi connectivity index (χ1v) is 7.34. The van der Waals surface area contributed by atoms with Crippen LogP contribution in [0.15, 0.2) is 72.8 Å². The monoisotopic (exact) mass is 273 g/mol. The predicted octanol–water partition coefficient (Wildman–Crippen LogP) is 4.57. The second kappa shape index (κ2) is 6.36. The lowest BCUT2D eigenvalue weighted by Gasteiger charge is -2.07. The lowest BCUT2D eigenvalue weighted by molar-refractivity contribution is 1.01. The molecule has 2 aromatic carbocycles. The number of hydrogen-bond acceptors (Lipinski definition) is 1. The molecule has 0 saturated heterocycles. The van der Waals surface area contributed by atoms with Crippen molar-refractivity contribution < 1.29 is 0 Å². The average molecular weight is 273 g/mol. The number of benzene rings is 2. The molecule has 0 aliphatic heterocycles. The Hall–Kier alpha value is -2.41. The van der Waals surface area contributed by atoms with E-state index >= 15 is 0 Å². The van der Waals surface area contributed by atoms with Gasteiger partial charge in [0.05, 0.1) is 0 Å². The molecule has 21 heavy (non-hydrogen) atoms. The SMILES string of the molecule is Cc1cc(Cc2ccccc2)cc(Cc2ccccc2)n1. The van der Waals surface area contributed by atoms with Gasteiger partial charge in [-0.2, -0.15) is 0 Å². The van der Waals surface area contributed by atoms with Crippen molar-refractivity contribution in [2.45, 2.75) is 19.8 Å². The number of pyridine rings is 1. The molecule has 0 aliphatic carbocycles. The fourth-order valence-electron chi connectivity index (χ4n) is 2.64. The molecule has 0 aliphatic rings. The van der Waals surface area contributed by atoms with Crippen LogP contribution in [-0.4, -0.2) is 4.98 Å². The molecule has 0 amide bonds. The van der Waals surface area contributed by atoms with E-state index in [-0.39, 0.29) is 0 Å². The summed E-state index contributed by atoms with van der Waals surface area (Å²) in [5.74, 6) is 0. The number of hydrogen-bond donors (Lipinski definition) is 0. The maximum Gasteiger partial charge on any atom is 0.0453 e. The topological polar surface area (TPSA) is 12.9 Å². The number of aryl methyl sites for hydroxylation is 1. The highest BCUT2D eigenvalue weighted by molar-refractivity contribution is 5.30. The van der Waals surface area contributed by atoms with Gasteiger partial charge in [-0.25, -0.2) is 0 Å². The fourth-order valence-corrected chi connectivity index (χ4v) is 2.64. The lowest BCUT2D eigenvalue weighted by Crippen LogP contribution is -1.98. The largest absolute Gasteiger partial charge is 0.258 e. The summed E-state index contributed by atoms with van der Waals surface area (Å²) >= 11 is 0. The molecule has 3 aromatic rings. The molecular weight excluding hydrogens is 254 g/mol. The smallest absolute Gasteiger partial charge is 0.0453 e. The molecule has 104 valence electrons. The Bertz CT molecular complexity index is 643. The van der Waals surface area contributed by atoms with Gasteiger partial charge in [0.15, 0.2) is 0 Å². The Morgan fingerprint density at radius 1 is 0.667 bits per heavy atom. The van der Waals surface area contributed by atoms with Gasteiger partial charge in [-0.15, -0.1) is 0 Å². The summed E-state index contributed by atoms with van der Waals surface area (Å²) < 4.78 is 0. The summed E-state index contributed by atoms with van der Waals surface area (Å²) in [5.41, 5.74) is 6.22. The van der Waals surface area contributed by atoms with E-state index in [2.05, 4.69) is 78.6 Å². The first-order chi connectivity index (χ1) is 10.3. The van der Waals surface area contributed by atoms with Crippen LogP contribution < -0.4 is 0 Å². The minimum atomic E-state index is 0.893. The van der Waals surface area contributed by atoms with Gasteiger partial charge >= 0.3 is 0 Å². The minimum Gasteiger partial charge on any atom is -0.258 e. The molecule has 0 atom stereocenters. The first kappa shape index (κ1) is 13.6. The molecule has 0 spiro atoms. The molecule has 0 saturated carbocycles. The fraction of sp³-hybridized carbons (Fsp3) is 0.150. The molecule has 0 bridgehead atoms. The maximum absolute atomic E-state index is 4.67. The third-order valence-electron chi connectivity index (χ3n) is 3.55. The van der Waals surface area contributed by atoms with Gasteiger partial charge in [0, 0.05) is 17.8 Å². The molecule has 0 N–H and O–H groups in total. The molecule has 0 radical (unpaired) electrons. The van der Waals surface area contributed by atoms with E-state index in [1.165, 1.54) is 16.7 Å². The van der Waals surface area contributed by atoms with Crippen LogP contribution >= 0.6 is 0 Å². The summed E-state index contributed by atoms with van der Waals surface area (Å²) in [5, 5.41) is 0. The van der Waals surface area contributed by atoms with Crippen LogP contribution in [0.25, 0.3) is 0 Å². The maximum atomic E-state index is 4.67. The zero-order valence-electron chi connectivity index (χ0n) is 12.3. The van der Waals surface area contributed by atoms with Gasteiger partial charge in [0.1, 0.15) is 0 Å². The van der Waals surface area contributed by atoms with Crippen LogP contribution in [0, 0.1) is 6.92 Å². The van der Waals surface area contributed by atoms with E-state index in [1.54, 1.807) is 0 Å². The van der Waals surface area contributed by atoms with E-state index in [0.717, 1.165) is 24.2 Å². The van der Waals surface area contributed by atoms with Crippen molar-refractivity contribution in [2.24, 2.45) is 0 Å². The normalized spacial score (nSPS) is 10.5. The highest BCUT2D eigenvalue weighted by atomic mass is 14.7. The van der Waals surface area contributed by atoms with Crippen molar-refractivity contribution in [1.82, 2.24) is 4.98 Å². The van der Waals surface area contributed by atoms with Crippen molar-refractivity contribution in [3.05, 3.63) is 101 Å². The van der Waals surface area contributed by atoms with Crippen LogP contribution in [0.3, 0.4) is 0 Å². The Balaban J connectivity index is 1.83. The molecule has 1 aromatic heterocycles. The van der Waals surface area contributed by atoms with E-state index in [1.807, 2.05) is 6.07 Å². The van der Waals surface area contributed by atoms with Gasteiger partial charge in [-0.05, 0) is 42.2 Å². The second-order valence-corrected chi connectivity index (χ2v) is 5.43. The molecular formula is C20H19N. The highest BCUT2D eigenvalue weighted by Gasteiger charge is 2.03. The van der Waals surface area contributed by atoms with Gasteiger partial charge in [-0.1, -0.05) is 60.7 Å². The summed E-state index contributed by atoms with van der Waals surface area (Å²) in [6.45, 7) is 2.07. The third kappa shape index (κ3) is 3.79. The molecule has 0 fully saturated rings. The zero-order chi connectivity index (χ0) is 14.5. The quantitative estimate of drug-likeness (QED) is 0.678. The number of nitrogens with zero attached hydrogens (tertiary/aromatic N) is 1. The van der Waals surface area contributed by atoms with Crippen molar-refractivity contribution >= 4 is 0 Å². The molecule has 3 rings (SSSR count). The molecule has 1 heteroatoms. The van der Waals surface area contributed by atoms with Crippen molar-refractivity contribution in [2.75, 3.05) is 0 Å². The van der Waals surface area contributed by atoms with Gasteiger partial charge < -0.3 is 0 Å². The Labute approximate surface area is 126 Å². The van der Waals surface area contributed by atoms with Crippen molar-refractivity contribution in [1.29, 1.82) is 0 Å². The molecule has 0 unspecified atom stereocenters. The van der Waals surface area contributed by atoms with Crippen LogP contribution in [0.2, 0.25) is 0 Å². The lowest BCUT2D eigenvalue weighted by atomic mass is 10.0. The second-order valence-electron chi connectivity index (χ2n) is 5.43. The zero-order valence-corrected chi connectivity index (χ0v) is 12.3. The highest BCUT2D eigenvalue weighted by Crippen LogP contribution is 2.14. The molecule has 1 nitrogen and oxygen atoms in total. The predicted molar refractivity (Wildman–Crippen MR) is 87.5 cm³/mol. The van der Waals surface area contributed by atoms with Crippen molar-refractivity contribution in [3.8, 4) is 0 Å². The van der Waals surface area contributed by atoms with Crippen LogP contribution in [-0.2, 0) is 12.8 Å². The van der Waals surface area contributed by atoms with E-state index in [4.69, 9.17) is 0 Å². The van der Waals surface area contributed by atoms with E-state index in [9.17, 15) is 0 Å². The standard InChI is InChI=1S/C20H19N/c1-16-12-19(13-17-8-4-2-5-9-17)15-20(21-16)14-18-10-6-3-7-11-18/h2-12,15H,13-14H2,1H3.